The Morgan fingerprint density at radius 2 is 1.70 bits per heavy atom. The fourth-order valence-corrected chi connectivity index (χ4v) is 5.52. The Bertz CT molecular complexity index is 1210. The Labute approximate surface area is 216 Å². The molecule has 11 heteroatoms. The van der Waals surface area contributed by atoms with Crippen LogP contribution in [0.15, 0.2) is 41.3 Å². The van der Waals surface area contributed by atoms with Gasteiger partial charge in [0.05, 0.1) is 23.3 Å². The lowest BCUT2D eigenvalue weighted by molar-refractivity contribution is -0.137. The molecule has 37 heavy (non-hydrogen) atoms. The number of amides is 3. The Morgan fingerprint density at radius 1 is 1.05 bits per heavy atom. The van der Waals surface area contributed by atoms with Gasteiger partial charge in [-0.05, 0) is 70.0 Å². The second-order valence-corrected chi connectivity index (χ2v) is 11.1. The molecule has 0 saturated carbocycles. The number of urea groups is 1. The standard InChI is InChI=1S/C26H36N8O3/c1-26(2,28)23(35)33-15-21-13-20(33)16-34(21)25(37)30-22-9-12-32(24(36)29-22)19-5-3-17(4-6-19)14-31-10-7-18(27)8-11-31/h3-6,9,12,18,20-21H,7-8,10-11,13-16,27-28H2,1-2H3,(H,29,30,36,37)/t20-,21-/m0/s1. The molecule has 11 nitrogen and oxygen atoms in total. The zero-order valence-corrected chi connectivity index (χ0v) is 21.5. The number of likely N-dealkylation sites (tertiary alicyclic amines) is 3. The van der Waals surface area contributed by atoms with E-state index < -0.39 is 11.2 Å². The maximum Gasteiger partial charge on any atom is 0.354 e. The largest absolute Gasteiger partial charge is 0.354 e. The number of piperazine rings is 1. The summed E-state index contributed by atoms with van der Waals surface area (Å²) in [5.41, 5.74) is 12.5. The Kier molecular flexibility index (Phi) is 6.78. The molecule has 2 atom stereocenters. The van der Waals surface area contributed by atoms with Gasteiger partial charge in [-0.15, -0.1) is 0 Å². The van der Waals surface area contributed by atoms with E-state index in [0.717, 1.165) is 38.9 Å². The summed E-state index contributed by atoms with van der Waals surface area (Å²) in [7, 11) is 0. The van der Waals surface area contributed by atoms with Crippen molar-refractivity contribution >= 4 is 17.8 Å². The van der Waals surface area contributed by atoms with E-state index in [9.17, 15) is 14.4 Å². The van der Waals surface area contributed by atoms with Gasteiger partial charge < -0.3 is 21.3 Å². The molecule has 0 radical (unpaired) electrons. The first kappa shape index (κ1) is 25.4. The number of carbonyl (C=O) groups excluding carboxylic acids is 2. The van der Waals surface area contributed by atoms with E-state index in [-0.39, 0.29) is 29.8 Å². The van der Waals surface area contributed by atoms with Crippen molar-refractivity contribution in [1.29, 1.82) is 0 Å². The SMILES string of the molecule is CC(C)(N)C(=O)N1C[C@@H]2C[C@H]1CN2C(=O)Nc1ccn(-c2ccc(CN3CCC(N)CC3)cc2)c(=O)n1. The van der Waals surface area contributed by atoms with Gasteiger partial charge in [0.1, 0.15) is 5.82 Å². The molecular weight excluding hydrogens is 472 g/mol. The van der Waals surface area contributed by atoms with Crippen LogP contribution in [0.5, 0.6) is 0 Å². The minimum absolute atomic E-state index is 0.0394. The molecular formula is C26H36N8O3. The quantitative estimate of drug-likeness (QED) is 0.540. The number of rotatable bonds is 5. The molecule has 0 spiro atoms. The molecule has 198 valence electrons. The number of fused-ring (bicyclic) bond motifs is 2. The van der Waals surface area contributed by atoms with Gasteiger partial charge >= 0.3 is 11.7 Å². The molecule has 3 amide bonds. The average Bonchev–Trinajstić information content (AvgIpc) is 3.47. The smallest absolute Gasteiger partial charge is 0.334 e. The van der Waals surface area contributed by atoms with Crippen LogP contribution in [-0.4, -0.2) is 86.0 Å². The summed E-state index contributed by atoms with van der Waals surface area (Å²) in [4.78, 5) is 48.1. The topological polar surface area (TPSA) is 143 Å². The molecule has 1 aromatic heterocycles. The van der Waals surface area contributed by atoms with E-state index in [0.29, 0.717) is 24.8 Å². The van der Waals surface area contributed by atoms with Crippen molar-refractivity contribution in [2.45, 2.75) is 63.3 Å². The number of hydrogen-bond donors (Lipinski definition) is 3. The zero-order valence-electron chi connectivity index (χ0n) is 21.5. The number of nitrogens with two attached hydrogens (primary N) is 2. The van der Waals surface area contributed by atoms with Crippen LogP contribution in [0.25, 0.3) is 5.69 Å². The molecule has 2 aromatic rings. The minimum atomic E-state index is -0.937. The highest BCUT2D eigenvalue weighted by molar-refractivity contribution is 5.90. The molecule has 3 aliphatic rings. The second kappa shape index (κ2) is 9.88. The maximum atomic E-state index is 12.9. The van der Waals surface area contributed by atoms with Crippen LogP contribution in [0.1, 0.15) is 38.7 Å². The third-order valence-corrected chi connectivity index (χ3v) is 7.61. The summed E-state index contributed by atoms with van der Waals surface area (Å²) in [6.07, 6.45) is 4.38. The summed E-state index contributed by atoms with van der Waals surface area (Å²) in [6.45, 7) is 7.15. The third-order valence-electron chi connectivity index (χ3n) is 7.61. The van der Waals surface area contributed by atoms with Gasteiger partial charge in [-0.2, -0.15) is 4.98 Å². The first-order valence-electron chi connectivity index (χ1n) is 12.9. The van der Waals surface area contributed by atoms with Gasteiger partial charge in [0.15, 0.2) is 0 Å². The van der Waals surface area contributed by atoms with Crippen molar-refractivity contribution in [3.05, 3.63) is 52.6 Å². The molecule has 0 unspecified atom stereocenters. The molecule has 3 fully saturated rings. The van der Waals surface area contributed by atoms with Gasteiger partial charge in [0, 0.05) is 31.9 Å². The van der Waals surface area contributed by atoms with Crippen molar-refractivity contribution in [2.75, 3.05) is 31.5 Å². The van der Waals surface area contributed by atoms with Crippen molar-refractivity contribution in [2.24, 2.45) is 11.5 Å². The van der Waals surface area contributed by atoms with E-state index in [1.807, 2.05) is 24.3 Å². The number of nitrogens with zero attached hydrogens (tertiary/aromatic N) is 5. The molecule has 3 saturated heterocycles. The van der Waals surface area contributed by atoms with Crippen LogP contribution in [0.3, 0.4) is 0 Å². The van der Waals surface area contributed by atoms with E-state index in [4.69, 9.17) is 11.5 Å². The van der Waals surface area contributed by atoms with Crippen LogP contribution in [0.4, 0.5) is 10.6 Å². The fraction of sp³-hybridized carbons (Fsp3) is 0.538. The number of aromatic nitrogens is 2. The number of hydrogen-bond acceptors (Lipinski definition) is 7. The highest BCUT2D eigenvalue weighted by atomic mass is 16.2. The molecule has 3 aliphatic heterocycles. The van der Waals surface area contributed by atoms with Crippen LogP contribution >= 0.6 is 0 Å². The first-order valence-corrected chi connectivity index (χ1v) is 12.9. The third kappa shape index (κ3) is 5.39. The normalized spacial score (nSPS) is 22.5. The average molecular weight is 509 g/mol. The van der Waals surface area contributed by atoms with Gasteiger partial charge in [0.25, 0.3) is 0 Å². The Balaban J connectivity index is 1.18. The van der Waals surface area contributed by atoms with Crippen LogP contribution in [-0.2, 0) is 11.3 Å². The summed E-state index contributed by atoms with van der Waals surface area (Å²) in [5.74, 6) is 0.0968. The summed E-state index contributed by atoms with van der Waals surface area (Å²) >= 11 is 0. The van der Waals surface area contributed by atoms with Gasteiger partial charge in [-0.25, -0.2) is 9.59 Å². The monoisotopic (exact) mass is 508 g/mol. The van der Waals surface area contributed by atoms with Crippen LogP contribution < -0.4 is 22.5 Å². The van der Waals surface area contributed by atoms with Crippen LogP contribution in [0.2, 0.25) is 0 Å². The molecule has 5 rings (SSSR count). The predicted molar refractivity (Wildman–Crippen MR) is 140 cm³/mol. The van der Waals surface area contributed by atoms with Gasteiger partial charge in [-0.3, -0.25) is 19.6 Å². The number of carbonyl (C=O) groups is 2. The van der Waals surface area contributed by atoms with Crippen molar-refractivity contribution < 1.29 is 9.59 Å². The number of nitrogens with one attached hydrogen (secondary N) is 1. The van der Waals surface area contributed by atoms with E-state index >= 15 is 0 Å². The molecule has 0 aliphatic carbocycles. The molecule has 1 aromatic carbocycles. The van der Waals surface area contributed by atoms with Gasteiger partial charge in [0.2, 0.25) is 5.91 Å². The van der Waals surface area contributed by atoms with Gasteiger partial charge in [-0.1, -0.05) is 12.1 Å². The Morgan fingerprint density at radius 3 is 2.30 bits per heavy atom. The maximum absolute atomic E-state index is 12.9. The van der Waals surface area contributed by atoms with Crippen molar-refractivity contribution in [1.82, 2.24) is 24.3 Å². The lowest BCUT2D eigenvalue weighted by atomic mass is 10.0. The lowest BCUT2D eigenvalue weighted by Gasteiger charge is -2.37. The van der Waals surface area contributed by atoms with E-state index in [2.05, 4.69) is 15.2 Å². The number of anilines is 1. The van der Waals surface area contributed by atoms with E-state index in [1.165, 1.54) is 10.1 Å². The van der Waals surface area contributed by atoms with Crippen LogP contribution in [0, 0.1) is 0 Å². The summed E-state index contributed by atoms with van der Waals surface area (Å²) in [6, 6.07) is 9.35. The minimum Gasteiger partial charge on any atom is -0.334 e. The molecule has 2 bridgehead atoms. The summed E-state index contributed by atoms with van der Waals surface area (Å²) in [5, 5.41) is 2.74. The second-order valence-electron chi connectivity index (χ2n) is 11.1. The lowest BCUT2D eigenvalue weighted by Crippen LogP contribution is -2.58. The first-order chi connectivity index (χ1) is 17.6. The highest BCUT2D eigenvalue weighted by Gasteiger charge is 2.49. The fourth-order valence-electron chi connectivity index (χ4n) is 5.52. The molecule has 4 heterocycles. The predicted octanol–water partition coefficient (Wildman–Crippen LogP) is 0.710. The molecule has 5 N–H and O–H groups in total. The zero-order chi connectivity index (χ0) is 26.3. The van der Waals surface area contributed by atoms with Crippen molar-refractivity contribution in [3.8, 4) is 5.69 Å². The van der Waals surface area contributed by atoms with Crippen molar-refractivity contribution in [3.63, 3.8) is 0 Å². The Hall–Kier alpha value is -3.28. The highest BCUT2D eigenvalue weighted by Crippen LogP contribution is 2.32. The summed E-state index contributed by atoms with van der Waals surface area (Å²) < 4.78 is 1.45. The number of benzene rings is 1. The number of piperidine rings is 1. The van der Waals surface area contributed by atoms with E-state index in [1.54, 1.807) is 35.9 Å².